The van der Waals surface area contributed by atoms with Crippen LogP contribution in [0.3, 0.4) is 0 Å². The highest BCUT2D eigenvalue weighted by atomic mass is 35.5. The Kier molecular flexibility index (Phi) is 4.12. The van der Waals surface area contributed by atoms with Gasteiger partial charge in [0, 0.05) is 5.02 Å². The smallest absolute Gasteiger partial charge is 0.206 e. The maximum Gasteiger partial charge on any atom is 0.206 e. The number of Topliss-reactive ketones (excluding diaryl/α,β-unsaturated/α-hetero) is 1. The van der Waals surface area contributed by atoms with E-state index in [0.717, 1.165) is 12.1 Å². The summed E-state index contributed by atoms with van der Waals surface area (Å²) in [5, 5.41) is 0.446. The fourth-order valence-corrected chi connectivity index (χ4v) is 1.72. The molecule has 0 amide bonds. The molecule has 2 aromatic carbocycles. The summed E-state index contributed by atoms with van der Waals surface area (Å²) in [6, 6.07) is 9.63. The van der Waals surface area contributed by atoms with Crippen molar-refractivity contribution < 1.29 is 18.3 Å². The fourth-order valence-electron chi connectivity index (χ4n) is 1.54. The normalized spacial score (nSPS) is 10.3. The van der Waals surface area contributed by atoms with Gasteiger partial charge in [0.2, 0.25) is 5.78 Å². The van der Waals surface area contributed by atoms with Gasteiger partial charge in [-0.2, -0.15) is 0 Å². The van der Waals surface area contributed by atoms with Crippen LogP contribution < -0.4 is 4.74 Å². The van der Waals surface area contributed by atoms with E-state index in [4.69, 9.17) is 16.3 Å². The number of carbonyl (C=O) groups excluding carboxylic acids is 1. The Morgan fingerprint density at radius 2 is 1.74 bits per heavy atom. The molecule has 0 aliphatic heterocycles. The van der Waals surface area contributed by atoms with Gasteiger partial charge in [-0.25, -0.2) is 8.78 Å². The molecular weight excluding hydrogens is 274 g/mol. The van der Waals surface area contributed by atoms with E-state index >= 15 is 0 Å². The molecular formula is C14H9ClF2O2. The van der Waals surface area contributed by atoms with Crippen molar-refractivity contribution in [3.05, 3.63) is 64.7 Å². The number of hydrogen-bond acceptors (Lipinski definition) is 2. The van der Waals surface area contributed by atoms with Gasteiger partial charge in [0.05, 0.1) is 5.56 Å². The number of carbonyl (C=O) groups is 1. The minimum atomic E-state index is -0.903. The summed E-state index contributed by atoms with van der Waals surface area (Å²) < 4.78 is 31.9. The maximum absolute atomic E-state index is 13.4. The minimum Gasteiger partial charge on any atom is -0.485 e. The van der Waals surface area contributed by atoms with E-state index in [1.165, 1.54) is 12.1 Å². The van der Waals surface area contributed by atoms with Gasteiger partial charge in [-0.3, -0.25) is 4.79 Å². The zero-order valence-corrected chi connectivity index (χ0v) is 10.5. The number of ether oxygens (including phenoxy) is 1. The Morgan fingerprint density at radius 3 is 2.37 bits per heavy atom. The topological polar surface area (TPSA) is 26.3 Å². The number of rotatable bonds is 4. The molecule has 0 radical (unpaired) electrons. The number of benzene rings is 2. The van der Waals surface area contributed by atoms with Crippen LogP contribution in [0.1, 0.15) is 10.4 Å². The molecule has 0 bridgehead atoms. The molecule has 0 heterocycles. The summed E-state index contributed by atoms with van der Waals surface area (Å²) >= 11 is 5.74. The van der Waals surface area contributed by atoms with Crippen molar-refractivity contribution in [2.45, 2.75) is 0 Å². The predicted octanol–water partition coefficient (Wildman–Crippen LogP) is 3.88. The van der Waals surface area contributed by atoms with Crippen molar-refractivity contribution in [3.8, 4) is 5.75 Å². The first kappa shape index (κ1) is 13.5. The molecule has 0 atom stereocenters. The average Bonchev–Trinajstić information content (AvgIpc) is 2.36. The van der Waals surface area contributed by atoms with Crippen molar-refractivity contribution in [2.24, 2.45) is 0 Å². The van der Waals surface area contributed by atoms with Crippen LogP contribution >= 0.6 is 11.6 Å². The molecule has 0 N–H and O–H groups in total. The summed E-state index contributed by atoms with van der Waals surface area (Å²) in [7, 11) is 0. The second kappa shape index (κ2) is 5.80. The van der Waals surface area contributed by atoms with Crippen LogP contribution in [0, 0.1) is 11.6 Å². The Balaban J connectivity index is 2.10. The Hall–Kier alpha value is -1.94. The summed E-state index contributed by atoms with van der Waals surface area (Å²) in [5.41, 5.74) is -0.593. The Morgan fingerprint density at radius 1 is 1.11 bits per heavy atom. The van der Waals surface area contributed by atoms with Crippen LogP contribution in [0.15, 0.2) is 42.5 Å². The summed E-state index contributed by atoms with van der Waals surface area (Å²) in [6.07, 6.45) is 0. The second-order valence-corrected chi connectivity index (χ2v) is 4.20. The first-order chi connectivity index (χ1) is 9.08. The average molecular weight is 283 g/mol. The third-order valence-electron chi connectivity index (χ3n) is 2.41. The van der Waals surface area contributed by atoms with Crippen LogP contribution in [-0.2, 0) is 0 Å². The predicted molar refractivity (Wildman–Crippen MR) is 67.6 cm³/mol. The highest BCUT2D eigenvalue weighted by Gasteiger charge is 2.17. The van der Waals surface area contributed by atoms with E-state index in [0.29, 0.717) is 10.8 Å². The Bertz CT molecular complexity index is 594. The molecule has 0 fully saturated rings. The lowest BCUT2D eigenvalue weighted by Gasteiger charge is -2.07. The van der Waals surface area contributed by atoms with E-state index in [-0.39, 0.29) is 0 Å². The molecule has 2 nitrogen and oxygen atoms in total. The van der Waals surface area contributed by atoms with Gasteiger partial charge in [0.15, 0.2) is 6.61 Å². The SMILES string of the molecule is O=C(COc1cccc(Cl)c1)c1c(F)cccc1F. The monoisotopic (exact) mass is 282 g/mol. The minimum absolute atomic E-state index is 0.359. The maximum atomic E-state index is 13.4. The molecule has 2 aromatic rings. The Labute approximate surface area is 113 Å². The van der Waals surface area contributed by atoms with Crippen LogP contribution in [0.5, 0.6) is 5.75 Å². The van der Waals surface area contributed by atoms with E-state index in [1.54, 1.807) is 18.2 Å². The summed E-state index contributed by atoms with van der Waals surface area (Å²) in [6.45, 7) is -0.460. The molecule has 0 saturated carbocycles. The van der Waals surface area contributed by atoms with E-state index in [1.807, 2.05) is 0 Å². The van der Waals surface area contributed by atoms with Gasteiger partial charge in [-0.15, -0.1) is 0 Å². The third kappa shape index (κ3) is 3.29. The van der Waals surface area contributed by atoms with E-state index < -0.39 is 29.6 Å². The number of ketones is 1. The van der Waals surface area contributed by atoms with Gasteiger partial charge in [0.1, 0.15) is 17.4 Å². The molecule has 2 rings (SSSR count). The first-order valence-corrected chi connectivity index (χ1v) is 5.81. The van der Waals surface area contributed by atoms with Crippen molar-refractivity contribution in [2.75, 3.05) is 6.61 Å². The quantitative estimate of drug-likeness (QED) is 0.796. The fraction of sp³-hybridized carbons (Fsp3) is 0.0714. The van der Waals surface area contributed by atoms with Crippen molar-refractivity contribution in [1.82, 2.24) is 0 Å². The van der Waals surface area contributed by atoms with Crippen molar-refractivity contribution >= 4 is 17.4 Å². The van der Waals surface area contributed by atoms with Gasteiger partial charge in [-0.1, -0.05) is 23.7 Å². The molecule has 19 heavy (non-hydrogen) atoms. The highest BCUT2D eigenvalue weighted by molar-refractivity contribution is 6.30. The summed E-state index contributed by atoms with van der Waals surface area (Å²) in [5.74, 6) is -2.22. The van der Waals surface area contributed by atoms with Gasteiger partial charge >= 0.3 is 0 Å². The highest BCUT2D eigenvalue weighted by Crippen LogP contribution is 2.18. The van der Waals surface area contributed by atoms with Crippen LogP contribution in [0.25, 0.3) is 0 Å². The zero-order valence-electron chi connectivity index (χ0n) is 9.70. The molecule has 0 aliphatic carbocycles. The third-order valence-corrected chi connectivity index (χ3v) is 2.64. The number of halogens is 3. The van der Waals surface area contributed by atoms with E-state index in [9.17, 15) is 13.6 Å². The van der Waals surface area contributed by atoms with Gasteiger partial charge in [-0.05, 0) is 30.3 Å². The van der Waals surface area contributed by atoms with Crippen molar-refractivity contribution in [1.29, 1.82) is 0 Å². The molecule has 98 valence electrons. The number of hydrogen-bond donors (Lipinski definition) is 0. The lowest BCUT2D eigenvalue weighted by Crippen LogP contribution is -2.15. The molecule has 0 spiro atoms. The second-order valence-electron chi connectivity index (χ2n) is 3.77. The van der Waals surface area contributed by atoms with Crippen molar-refractivity contribution in [3.63, 3.8) is 0 Å². The first-order valence-electron chi connectivity index (χ1n) is 5.43. The zero-order chi connectivity index (χ0) is 13.8. The van der Waals surface area contributed by atoms with Crippen LogP contribution in [0.4, 0.5) is 8.78 Å². The standard InChI is InChI=1S/C14H9ClF2O2/c15-9-3-1-4-10(7-9)19-8-13(18)14-11(16)5-2-6-12(14)17/h1-7H,8H2. The lowest BCUT2D eigenvalue weighted by molar-refractivity contribution is 0.0913. The summed E-state index contributed by atoms with van der Waals surface area (Å²) in [4.78, 5) is 11.7. The molecule has 0 saturated heterocycles. The lowest BCUT2D eigenvalue weighted by atomic mass is 10.1. The molecule has 5 heteroatoms. The molecule has 0 aromatic heterocycles. The van der Waals surface area contributed by atoms with E-state index in [2.05, 4.69) is 0 Å². The van der Waals surface area contributed by atoms with Gasteiger partial charge < -0.3 is 4.74 Å². The molecule has 0 aliphatic rings. The van der Waals surface area contributed by atoms with Crippen LogP contribution in [-0.4, -0.2) is 12.4 Å². The van der Waals surface area contributed by atoms with Crippen LogP contribution in [0.2, 0.25) is 5.02 Å². The molecule has 0 unspecified atom stereocenters. The van der Waals surface area contributed by atoms with Gasteiger partial charge in [0.25, 0.3) is 0 Å². The largest absolute Gasteiger partial charge is 0.485 e.